The lowest BCUT2D eigenvalue weighted by molar-refractivity contribution is 0.414. The molecule has 2 nitrogen and oxygen atoms in total. The smallest absolute Gasteiger partial charge is 0.128 e. The maximum absolute atomic E-state index is 14.1. The van der Waals surface area contributed by atoms with Gasteiger partial charge in [-0.1, -0.05) is 12.1 Å². The molecule has 0 saturated carbocycles. The summed E-state index contributed by atoms with van der Waals surface area (Å²) in [5, 5.41) is 3.05. The van der Waals surface area contributed by atoms with Gasteiger partial charge in [0.05, 0.1) is 7.11 Å². The molecule has 0 heterocycles. The summed E-state index contributed by atoms with van der Waals surface area (Å²) in [6, 6.07) is 9.78. The van der Waals surface area contributed by atoms with Gasteiger partial charge < -0.3 is 10.1 Å². The van der Waals surface area contributed by atoms with Crippen LogP contribution in [-0.4, -0.2) is 14.2 Å². The highest BCUT2D eigenvalue weighted by atomic mass is 19.1. The molecule has 2 aromatic rings. The zero-order chi connectivity index (χ0) is 15.4. The van der Waals surface area contributed by atoms with Gasteiger partial charge in [-0.15, -0.1) is 0 Å². The molecule has 0 aliphatic carbocycles. The molecule has 0 spiro atoms. The fourth-order valence-corrected chi connectivity index (χ4v) is 2.29. The summed E-state index contributed by atoms with van der Waals surface area (Å²) in [6.45, 7) is 1.56. The maximum atomic E-state index is 14.1. The van der Waals surface area contributed by atoms with Crippen LogP contribution in [0.25, 0.3) is 0 Å². The Labute approximate surface area is 123 Å². The van der Waals surface area contributed by atoms with E-state index in [0.29, 0.717) is 17.5 Å². The van der Waals surface area contributed by atoms with Gasteiger partial charge in [-0.2, -0.15) is 0 Å². The van der Waals surface area contributed by atoms with E-state index in [2.05, 4.69) is 5.32 Å². The quantitative estimate of drug-likeness (QED) is 0.905. The van der Waals surface area contributed by atoms with E-state index in [4.69, 9.17) is 4.74 Å². The summed E-state index contributed by atoms with van der Waals surface area (Å²) in [4.78, 5) is 0. The molecule has 1 N–H and O–H groups in total. The van der Waals surface area contributed by atoms with E-state index in [0.717, 1.165) is 11.3 Å². The first-order valence-electron chi connectivity index (χ1n) is 6.81. The summed E-state index contributed by atoms with van der Waals surface area (Å²) in [7, 11) is 3.35. The van der Waals surface area contributed by atoms with Crippen molar-refractivity contribution in [1.82, 2.24) is 5.32 Å². The Kier molecular flexibility index (Phi) is 4.91. The molecule has 0 bridgehead atoms. The molecule has 112 valence electrons. The van der Waals surface area contributed by atoms with Gasteiger partial charge in [0.2, 0.25) is 0 Å². The second-order valence-electron chi connectivity index (χ2n) is 5.02. The predicted molar refractivity (Wildman–Crippen MR) is 79.6 cm³/mol. The summed E-state index contributed by atoms with van der Waals surface area (Å²) >= 11 is 0. The van der Waals surface area contributed by atoms with Crippen LogP contribution < -0.4 is 10.1 Å². The van der Waals surface area contributed by atoms with Gasteiger partial charge >= 0.3 is 0 Å². The Bertz CT molecular complexity index is 611. The van der Waals surface area contributed by atoms with Crippen LogP contribution in [0.5, 0.6) is 5.75 Å². The Morgan fingerprint density at radius 3 is 2.33 bits per heavy atom. The van der Waals surface area contributed by atoms with Gasteiger partial charge in [0.1, 0.15) is 17.4 Å². The molecule has 2 aromatic carbocycles. The molecule has 0 aliphatic heterocycles. The fourth-order valence-electron chi connectivity index (χ4n) is 2.29. The fraction of sp³-hybridized carbons (Fsp3) is 0.294. The molecule has 0 radical (unpaired) electrons. The van der Waals surface area contributed by atoms with E-state index < -0.39 is 0 Å². The van der Waals surface area contributed by atoms with E-state index in [1.165, 1.54) is 12.1 Å². The van der Waals surface area contributed by atoms with Gasteiger partial charge in [-0.05, 0) is 55.8 Å². The molecule has 21 heavy (non-hydrogen) atoms. The average molecular weight is 291 g/mol. The van der Waals surface area contributed by atoms with Crippen LogP contribution in [0.3, 0.4) is 0 Å². The molecule has 0 amide bonds. The van der Waals surface area contributed by atoms with Crippen molar-refractivity contribution in [3.05, 3.63) is 64.7 Å². The molecular weight excluding hydrogens is 272 g/mol. The third-order valence-corrected chi connectivity index (χ3v) is 3.60. The Hall–Kier alpha value is -1.94. The van der Waals surface area contributed by atoms with Gasteiger partial charge in [0, 0.05) is 11.6 Å². The highest BCUT2D eigenvalue weighted by Gasteiger charge is 2.17. The van der Waals surface area contributed by atoms with E-state index >= 15 is 0 Å². The van der Waals surface area contributed by atoms with Gasteiger partial charge in [-0.3, -0.25) is 0 Å². The lowest BCUT2D eigenvalue weighted by atomic mass is 9.97. The van der Waals surface area contributed by atoms with Crippen LogP contribution in [0.4, 0.5) is 8.78 Å². The molecule has 1 unspecified atom stereocenters. The highest BCUT2D eigenvalue weighted by molar-refractivity contribution is 5.31. The van der Waals surface area contributed by atoms with E-state index in [1.807, 2.05) is 24.3 Å². The minimum Gasteiger partial charge on any atom is -0.497 e. The molecule has 0 fully saturated rings. The zero-order valence-corrected chi connectivity index (χ0v) is 12.4. The lowest BCUT2D eigenvalue weighted by Crippen LogP contribution is -2.20. The van der Waals surface area contributed by atoms with Crippen LogP contribution in [0.2, 0.25) is 0 Å². The normalized spacial score (nSPS) is 12.2. The molecule has 1 atom stereocenters. The van der Waals surface area contributed by atoms with E-state index in [9.17, 15) is 8.78 Å². The average Bonchev–Trinajstić information content (AvgIpc) is 2.49. The Morgan fingerprint density at radius 1 is 1.10 bits per heavy atom. The standard InChI is InChI=1S/C17H19F2NO/c1-11-8-16(19)14(10-15(11)18)17(20-2)9-12-4-6-13(21-3)7-5-12/h4-8,10,17,20H,9H2,1-3H3. The van der Waals surface area contributed by atoms with Gasteiger partial charge in [0.15, 0.2) is 0 Å². The predicted octanol–water partition coefficient (Wildman–Crippen LogP) is 3.79. The second-order valence-corrected chi connectivity index (χ2v) is 5.02. The SMILES string of the molecule is CNC(Cc1ccc(OC)cc1)c1cc(F)c(C)cc1F. The monoisotopic (exact) mass is 291 g/mol. The highest BCUT2D eigenvalue weighted by Crippen LogP contribution is 2.24. The van der Waals surface area contributed by atoms with Crippen LogP contribution in [0.15, 0.2) is 36.4 Å². The third kappa shape index (κ3) is 3.58. The van der Waals surface area contributed by atoms with Crippen molar-refractivity contribution in [3.63, 3.8) is 0 Å². The number of methoxy groups -OCH3 is 1. The minimum atomic E-state index is -0.388. The number of halogens is 2. The number of likely N-dealkylation sites (N-methyl/N-ethyl adjacent to an activating group) is 1. The number of nitrogens with one attached hydrogen (secondary N) is 1. The van der Waals surface area contributed by atoms with Crippen molar-refractivity contribution in [2.45, 2.75) is 19.4 Å². The third-order valence-electron chi connectivity index (χ3n) is 3.60. The molecular formula is C17H19F2NO. The number of hydrogen-bond donors (Lipinski definition) is 1. The van der Waals surface area contributed by atoms with Crippen LogP contribution >= 0.6 is 0 Å². The van der Waals surface area contributed by atoms with Gasteiger partial charge in [0.25, 0.3) is 0 Å². The van der Waals surface area contributed by atoms with Crippen molar-refractivity contribution < 1.29 is 13.5 Å². The van der Waals surface area contributed by atoms with Crippen molar-refractivity contribution in [1.29, 1.82) is 0 Å². The molecule has 2 rings (SSSR count). The summed E-state index contributed by atoms with van der Waals surface area (Å²) in [5.41, 5.74) is 1.68. The van der Waals surface area contributed by atoms with Crippen molar-refractivity contribution in [2.24, 2.45) is 0 Å². The van der Waals surface area contributed by atoms with Gasteiger partial charge in [-0.25, -0.2) is 8.78 Å². The minimum absolute atomic E-state index is 0.284. The lowest BCUT2D eigenvalue weighted by Gasteiger charge is -2.18. The number of hydrogen-bond acceptors (Lipinski definition) is 2. The first kappa shape index (κ1) is 15.4. The molecule has 0 aliphatic rings. The van der Waals surface area contributed by atoms with Crippen LogP contribution in [0, 0.1) is 18.6 Å². The number of aryl methyl sites for hydroxylation is 1. The van der Waals surface area contributed by atoms with E-state index in [1.54, 1.807) is 21.1 Å². The van der Waals surface area contributed by atoms with Crippen molar-refractivity contribution in [3.8, 4) is 5.75 Å². The summed E-state index contributed by atoms with van der Waals surface area (Å²) < 4.78 is 32.9. The van der Waals surface area contributed by atoms with Crippen LogP contribution in [0.1, 0.15) is 22.7 Å². The summed E-state index contributed by atoms with van der Waals surface area (Å²) in [5.74, 6) is -0.00420. The first-order valence-corrected chi connectivity index (χ1v) is 6.81. The number of ether oxygens (including phenoxy) is 1. The van der Waals surface area contributed by atoms with E-state index in [-0.39, 0.29) is 17.7 Å². The largest absolute Gasteiger partial charge is 0.497 e. The van der Waals surface area contributed by atoms with Crippen molar-refractivity contribution in [2.75, 3.05) is 14.2 Å². The first-order chi connectivity index (χ1) is 10.0. The topological polar surface area (TPSA) is 21.3 Å². The van der Waals surface area contributed by atoms with Crippen molar-refractivity contribution >= 4 is 0 Å². The Morgan fingerprint density at radius 2 is 1.76 bits per heavy atom. The number of benzene rings is 2. The molecule has 0 aromatic heterocycles. The maximum Gasteiger partial charge on any atom is 0.128 e. The van der Waals surface area contributed by atoms with Crippen LogP contribution in [-0.2, 0) is 6.42 Å². The number of rotatable bonds is 5. The molecule has 4 heteroatoms. The zero-order valence-electron chi connectivity index (χ0n) is 12.4. The summed E-state index contributed by atoms with van der Waals surface area (Å²) in [6.07, 6.45) is 0.569. The Balaban J connectivity index is 2.25. The second kappa shape index (κ2) is 6.68. The molecule has 0 saturated heterocycles.